The van der Waals surface area contributed by atoms with Crippen LogP contribution in [0, 0.1) is 0 Å². The number of hydrogen-bond acceptors (Lipinski definition) is 4. The van der Waals surface area contributed by atoms with Gasteiger partial charge in [0.25, 0.3) is 0 Å². The van der Waals surface area contributed by atoms with Crippen LogP contribution in [-0.4, -0.2) is 39.0 Å². The third kappa shape index (κ3) is 5.95. The topological polar surface area (TPSA) is 87.6 Å². The van der Waals surface area contributed by atoms with Gasteiger partial charge in [-0.25, -0.2) is 0 Å². The summed E-state index contributed by atoms with van der Waals surface area (Å²) >= 11 is 24.4. The van der Waals surface area contributed by atoms with Gasteiger partial charge < -0.3 is 26.6 Å². The highest BCUT2D eigenvalue weighted by Crippen LogP contribution is 2.35. The summed E-state index contributed by atoms with van der Waals surface area (Å²) in [6, 6.07) is 14.5. The van der Waals surface area contributed by atoms with Gasteiger partial charge in [0, 0.05) is 24.9 Å². The van der Waals surface area contributed by atoms with Crippen molar-refractivity contribution in [2.45, 2.75) is 16.4 Å². The molecular weight excluding hydrogens is 477 g/mol. The number of rotatable bonds is 5. The second kappa shape index (κ2) is 9.96. The lowest BCUT2D eigenvalue weighted by molar-refractivity contribution is -0.117. The first-order chi connectivity index (χ1) is 14.7. The van der Waals surface area contributed by atoms with Crippen molar-refractivity contribution in [2.24, 2.45) is 0 Å². The molecule has 1 aliphatic rings. The number of nitrogens with two attached hydrogens (primary N) is 2. The molecule has 0 aliphatic carbocycles. The molecule has 6 nitrogen and oxygen atoms in total. The van der Waals surface area contributed by atoms with Crippen molar-refractivity contribution >= 4 is 81.2 Å². The lowest BCUT2D eigenvalue weighted by atomic mass is 10.2. The van der Waals surface area contributed by atoms with Gasteiger partial charge in [0.05, 0.1) is 11.4 Å². The van der Waals surface area contributed by atoms with Gasteiger partial charge in [-0.2, -0.15) is 0 Å². The van der Waals surface area contributed by atoms with Gasteiger partial charge in [0.15, 0.2) is 11.3 Å². The Kier molecular flexibility index (Phi) is 7.54. The quantitative estimate of drug-likeness (QED) is 0.248. The van der Waals surface area contributed by atoms with E-state index >= 15 is 0 Å². The predicted molar refractivity (Wildman–Crippen MR) is 134 cm³/mol. The van der Waals surface area contributed by atoms with Crippen LogP contribution in [0.2, 0.25) is 0 Å². The first-order valence-corrected chi connectivity index (χ1v) is 11.0. The van der Waals surface area contributed by atoms with E-state index in [0.29, 0.717) is 29.6 Å². The second-order valence-electron chi connectivity index (χ2n) is 6.99. The number of amides is 1. The molecule has 3 rings (SSSR count). The van der Waals surface area contributed by atoms with Gasteiger partial charge in [-0.05, 0) is 54.5 Å². The summed E-state index contributed by atoms with van der Waals surface area (Å²) in [6.45, 7) is 1.18. The smallest absolute Gasteiger partial charge is 0.245 e. The van der Waals surface area contributed by atoms with Gasteiger partial charge >= 0.3 is 0 Å². The molecule has 1 saturated heterocycles. The molecule has 0 aromatic heterocycles. The largest absolute Gasteiger partial charge is 0.399 e. The minimum absolute atomic E-state index is 0.420. The molecule has 1 fully saturated rings. The van der Waals surface area contributed by atoms with Crippen molar-refractivity contribution in [3.8, 4) is 0 Å². The van der Waals surface area contributed by atoms with E-state index in [1.807, 2.05) is 23.1 Å². The summed E-state index contributed by atoms with van der Waals surface area (Å²) in [5.74, 6) is -0.424. The molecule has 2 aromatic rings. The van der Waals surface area contributed by atoms with Crippen LogP contribution in [0.4, 0.5) is 17.1 Å². The van der Waals surface area contributed by atoms with Crippen LogP contribution < -0.4 is 21.7 Å². The molecule has 10 heteroatoms. The highest BCUT2D eigenvalue weighted by atomic mass is 35.6. The third-order valence-corrected chi connectivity index (χ3v) is 5.82. The Labute approximate surface area is 201 Å². The van der Waals surface area contributed by atoms with E-state index in [-0.39, 0.29) is 0 Å². The monoisotopic (exact) mass is 497 g/mol. The lowest BCUT2D eigenvalue weighted by Gasteiger charge is -2.44. The van der Waals surface area contributed by atoms with E-state index in [1.165, 1.54) is 6.08 Å². The molecule has 5 N–H and O–H groups in total. The van der Waals surface area contributed by atoms with Crippen LogP contribution in [0.5, 0.6) is 0 Å². The maximum Gasteiger partial charge on any atom is 0.245 e. The molecular formula is C21H22Cl3N5OS. The predicted octanol–water partition coefficient (Wildman–Crippen LogP) is 4.17. The van der Waals surface area contributed by atoms with E-state index in [1.54, 1.807) is 41.3 Å². The minimum Gasteiger partial charge on any atom is -0.399 e. The van der Waals surface area contributed by atoms with E-state index in [9.17, 15) is 4.79 Å². The van der Waals surface area contributed by atoms with Crippen LogP contribution >= 0.6 is 47.0 Å². The number of para-hydroxylation sites is 2. The van der Waals surface area contributed by atoms with E-state index < -0.39 is 15.9 Å². The maximum absolute atomic E-state index is 12.6. The molecule has 1 heterocycles. The Balaban J connectivity index is 1.78. The van der Waals surface area contributed by atoms with Crippen molar-refractivity contribution in [3.05, 3.63) is 60.2 Å². The fourth-order valence-corrected chi connectivity index (χ4v) is 4.14. The molecule has 0 spiro atoms. The van der Waals surface area contributed by atoms with Crippen LogP contribution in [0.25, 0.3) is 6.08 Å². The first-order valence-electron chi connectivity index (χ1n) is 9.50. The van der Waals surface area contributed by atoms with Gasteiger partial charge in [-0.15, -0.1) is 0 Å². The van der Waals surface area contributed by atoms with E-state index in [2.05, 4.69) is 5.32 Å². The van der Waals surface area contributed by atoms with Crippen molar-refractivity contribution in [1.82, 2.24) is 10.2 Å². The average Bonchev–Trinajstić information content (AvgIpc) is 2.72. The van der Waals surface area contributed by atoms with E-state index in [4.69, 9.17) is 58.5 Å². The summed E-state index contributed by atoms with van der Waals surface area (Å²) in [6.07, 6.45) is 2.79. The number of carbonyl (C=O) groups excluding carboxylic acids is 1. The molecule has 1 unspecified atom stereocenters. The second-order valence-corrected chi connectivity index (χ2v) is 9.73. The number of halogens is 3. The summed E-state index contributed by atoms with van der Waals surface area (Å²) in [7, 11) is 0. The highest BCUT2D eigenvalue weighted by molar-refractivity contribution is 7.80. The normalized spacial score (nSPS) is 15.9. The summed E-state index contributed by atoms with van der Waals surface area (Å²) < 4.78 is -1.82. The number of benzene rings is 2. The van der Waals surface area contributed by atoms with Gasteiger partial charge in [0.2, 0.25) is 9.70 Å². The molecule has 0 bridgehead atoms. The third-order valence-electron chi connectivity index (χ3n) is 4.75. The van der Waals surface area contributed by atoms with Gasteiger partial charge in [-0.1, -0.05) is 59.1 Å². The van der Waals surface area contributed by atoms with Crippen molar-refractivity contribution in [1.29, 1.82) is 0 Å². The first kappa shape index (κ1) is 23.5. The molecule has 1 aliphatic heterocycles. The van der Waals surface area contributed by atoms with Gasteiger partial charge in [-0.3, -0.25) is 4.79 Å². The van der Waals surface area contributed by atoms with Crippen LogP contribution in [0.1, 0.15) is 12.0 Å². The Morgan fingerprint density at radius 3 is 2.42 bits per heavy atom. The zero-order chi connectivity index (χ0) is 22.6. The highest BCUT2D eigenvalue weighted by Gasteiger charge is 2.42. The number of alkyl halides is 3. The number of anilines is 3. The van der Waals surface area contributed by atoms with Crippen LogP contribution in [0.15, 0.2) is 54.6 Å². The number of nitrogens with one attached hydrogen (secondary N) is 1. The molecule has 164 valence electrons. The Hall–Kier alpha value is -2.19. The molecule has 1 atom stereocenters. The van der Waals surface area contributed by atoms with Crippen molar-refractivity contribution < 1.29 is 4.79 Å². The van der Waals surface area contributed by atoms with Crippen molar-refractivity contribution in [2.75, 3.05) is 29.5 Å². The molecule has 0 saturated carbocycles. The fourth-order valence-electron chi connectivity index (χ4n) is 3.24. The number of thiocarbonyl (C=S) groups is 1. The number of nitrogen functional groups attached to an aromatic ring is 2. The lowest BCUT2D eigenvalue weighted by Crippen LogP contribution is -2.62. The number of nitrogens with zero attached hydrogens (tertiary/aromatic N) is 2. The maximum atomic E-state index is 12.6. The van der Waals surface area contributed by atoms with Gasteiger partial charge in [0.1, 0.15) is 0 Å². The SMILES string of the molecule is Nc1ccc(/C=C/C(=O)NC(N2CCCN(c3ccccc3N)C2=S)C(Cl)(Cl)Cl)cc1. The minimum atomic E-state index is -1.82. The molecule has 2 aromatic carbocycles. The zero-order valence-electron chi connectivity index (χ0n) is 16.5. The van der Waals surface area contributed by atoms with Crippen molar-refractivity contribution in [3.63, 3.8) is 0 Å². The number of hydrogen-bond donors (Lipinski definition) is 3. The zero-order valence-corrected chi connectivity index (χ0v) is 19.6. The summed E-state index contributed by atoms with van der Waals surface area (Å²) in [5, 5.41) is 3.18. The van der Waals surface area contributed by atoms with E-state index in [0.717, 1.165) is 17.7 Å². The average molecular weight is 499 g/mol. The van der Waals surface area contributed by atoms with Crippen LogP contribution in [0.3, 0.4) is 0 Å². The standard InChI is InChI=1S/C21H22Cl3N5OS/c22-21(23,24)19(27-18(30)11-8-14-6-9-15(25)10-7-14)29-13-3-12-28(20(29)31)17-5-2-1-4-16(17)26/h1-2,4-11,19H,3,12-13,25-26H2,(H,27,30)/b11-8+. The molecule has 0 radical (unpaired) electrons. The Morgan fingerprint density at radius 1 is 1.10 bits per heavy atom. The Bertz CT molecular complexity index is 978. The number of carbonyl (C=O) groups is 1. The van der Waals surface area contributed by atoms with Crippen LogP contribution in [-0.2, 0) is 4.79 Å². The Morgan fingerprint density at radius 2 is 1.77 bits per heavy atom. The molecule has 31 heavy (non-hydrogen) atoms. The fraction of sp³-hybridized carbons (Fsp3) is 0.238. The summed E-state index contributed by atoms with van der Waals surface area (Å²) in [5.41, 5.74) is 14.6. The summed E-state index contributed by atoms with van der Waals surface area (Å²) in [4.78, 5) is 16.2. The molecule has 1 amide bonds.